The molecule has 1 aromatic carbocycles. The molecule has 0 fully saturated rings. The van der Waals surface area contributed by atoms with Crippen LogP contribution < -0.4 is 5.32 Å². The summed E-state index contributed by atoms with van der Waals surface area (Å²) >= 11 is 0. The number of rotatable bonds is 8. The van der Waals surface area contributed by atoms with Crippen LogP contribution in [0.4, 0.5) is 5.69 Å². The van der Waals surface area contributed by atoms with Crippen LogP contribution in [-0.4, -0.2) is 60.4 Å². The zero-order valence-electron chi connectivity index (χ0n) is 13.5. The molecular formula is C14H24N2O4S2. The monoisotopic (exact) mass is 348 g/mol. The van der Waals surface area contributed by atoms with Gasteiger partial charge >= 0.3 is 0 Å². The lowest BCUT2D eigenvalue weighted by Crippen LogP contribution is -2.28. The van der Waals surface area contributed by atoms with E-state index in [4.69, 9.17) is 0 Å². The molecule has 0 aliphatic rings. The summed E-state index contributed by atoms with van der Waals surface area (Å²) < 4.78 is 47.0. The topological polar surface area (TPSA) is 83.6 Å². The molecule has 0 radical (unpaired) electrons. The Hall–Kier alpha value is -1.12. The quantitative estimate of drug-likeness (QED) is 0.761. The molecule has 8 heteroatoms. The van der Waals surface area contributed by atoms with Crippen LogP contribution in [0.15, 0.2) is 28.0 Å². The second-order valence-corrected chi connectivity index (χ2v) is 9.16. The van der Waals surface area contributed by atoms with Gasteiger partial charge in [0.15, 0.2) is 19.7 Å². The highest BCUT2D eigenvalue weighted by Gasteiger charge is 2.17. The van der Waals surface area contributed by atoms with Gasteiger partial charge in [-0.2, -0.15) is 0 Å². The summed E-state index contributed by atoms with van der Waals surface area (Å²) in [5.41, 5.74) is 0.432. The van der Waals surface area contributed by atoms with Crippen molar-refractivity contribution >= 4 is 25.4 Å². The fourth-order valence-electron chi connectivity index (χ4n) is 2.07. The highest BCUT2D eigenvalue weighted by molar-refractivity contribution is 7.91. The van der Waals surface area contributed by atoms with Crippen molar-refractivity contribution in [3.8, 4) is 0 Å². The molecule has 1 N–H and O–H groups in total. The molecule has 0 atom stereocenters. The lowest BCUT2D eigenvalue weighted by atomic mass is 10.3. The van der Waals surface area contributed by atoms with Crippen molar-refractivity contribution in [2.45, 2.75) is 23.6 Å². The van der Waals surface area contributed by atoms with Crippen molar-refractivity contribution in [1.29, 1.82) is 0 Å². The van der Waals surface area contributed by atoms with Crippen molar-refractivity contribution in [3.63, 3.8) is 0 Å². The Morgan fingerprint density at radius 2 is 1.59 bits per heavy atom. The SMILES string of the molecule is CCN(CC)CCNc1ccc(S(C)(=O)=O)cc1S(C)(=O)=O. The minimum absolute atomic E-state index is 0.00205. The highest BCUT2D eigenvalue weighted by Crippen LogP contribution is 2.24. The van der Waals surface area contributed by atoms with E-state index in [0.717, 1.165) is 32.1 Å². The average molecular weight is 348 g/mol. The Morgan fingerprint density at radius 1 is 1.00 bits per heavy atom. The van der Waals surface area contributed by atoms with Crippen LogP contribution in [0.3, 0.4) is 0 Å². The second kappa shape index (κ2) is 7.43. The molecule has 0 spiro atoms. The van der Waals surface area contributed by atoms with Gasteiger partial charge in [0.2, 0.25) is 0 Å². The molecule has 0 aromatic heterocycles. The number of hydrogen-bond donors (Lipinski definition) is 1. The van der Waals surface area contributed by atoms with Crippen molar-refractivity contribution in [2.24, 2.45) is 0 Å². The van der Waals surface area contributed by atoms with Gasteiger partial charge in [-0.05, 0) is 31.3 Å². The van der Waals surface area contributed by atoms with Gasteiger partial charge in [0.05, 0.1) is 15.5 Å². The first-order chi connectivity index (χ1) is 10.1. The third kappa shape index (κ3) is 5.26. The first kappa shape index (κ1) is 18.9. The number of sulfone groups is 2. The van der Waals surface area contributed by atoms with Gasteiger partial charge in [-0.25, -0.2) is 16.8 Å². The standard InChI is InChI=1S/C14H24N2O4S2/c1-5-16(6-2)10-9-15-13-8-7-12(21(3,17)18)11-14(13)22(4,19)20/h7-8,11,15H,5-6,9-10H2,1-4H3. The summed E-state index contributed by atoms with van der Waals surface area (Å²) in [7, 11) is -6.96. The largest absolute Gasteiger partial charge is 0.383 e. The van der Waals surface area contributed by atoms with Gasteiger partial charge in [-0.3, -0.25) is 0 Å². The van der Waals surface area contributed by atoms with Gasteiger partial charge in [0, 0.05) is 25.6 Å². The Labute approximate surface area is 133 Å². The summed E-state index contributed by atoms with van der Waals surface area (Å²) in [6.07, 6.45) is 2.13. The Balaban J connectivity index is 3.05. The Kier molecular flexibility index (Phi) is 6.39. The highest BCUT2D eigenvalue weighted by atomic mass is 32.2. The van der Waals surface area contributed by atoms with Crippen LogP contribution in [0.5, 0.6) is 0 Å². The second-order valence-electron chi connectivity index (χ2n) is 5.16. The van der Waals surface area contributed by atoms with Gasteiger partial charge in [-0.15, -0.1) is 0 Å². The normalized spacial score (nSPS) is 12.6. The maximum Gasteiger partial charge on any atom is 0.177 e. The van der Waals surface area contributed by atoms with E-state index in [1.807, 2.05) is 0 Å². The number of nitrogens with one attached hydrogen (secondary N) is 1. The van der Waals surface area contributed by atoms with E-state index in [-0.39, 0.29) is 9.79 Å². The van der Waals surface area contributed by atoms with Gasteiger partial charge in [0.25, 0.3) is 0 Å². The minimum Gasteiger partial charge on any atom is -0.383 e. The maximum absolute atomic E-state index is 11.9. The molecule has 1 aromatic rings. The minimum atomic E-state index is -3.52. The van der Waals surface area contributed by atoms with E-state index in [1.54, 1.807) is 0 Å². The molecule has 0 saturated heterocycles. The van der Waals surface area contributed by atoms with E-state index in [0.29, 0.717) is 12.2 Å². The van der Waals surface area contributed by atoms with Crippen LogP contribution in [0.25, 0.3) is 0 Å². The van der Waals surface area contributed by atoms with E-state index in [1.165, 1.54) is 18.2 Å². The number of likely N-dealkylation sites (N-methyl/N-ethyl adjacent to an activating group) is 1. The lowest BCUT2D eigenvalue weighted by molar-refractivity contribution is 0.316. The summed E-state index contributed by atoms with van der Waals surface area (Å²) in [5, 5.41) is 3.08. The molecule has 0 aliphatic carbocycles. The van der Waals surface area contributed by atoms with Crippen molar-refractivity contribution in [1.82, 2.24) is 4.90 Å². The fraction of sp³-hybridized carbons (Fsp3) is 0.571. The van der Waals surface area contributed by atoms with Gasteiger partial charge in [0.1, 0.15) is 0 Å². The fourth-order valence-corrected chi connectivity index (χ4v) is 3.68. The zero-order valence-corrected chi connectivity index (χ0v) is 15.1. The van der Waals surface area contributed by atoms with Crippen molar-refractivity contribution < 1.29 is 16.8 Å². The Bertz CT molecular complexity index is 708. The van der Waals surface area contributed by atoms with Crippen LogP contribution in [0.2, 0.25) is 0 Å². The van der Waals surface area contributed by atoms with Gasteiger partial charge in [-0.1, -0.05) is 13.8 Å². The van der Waals surface area contributed by atoms with Crippen molar-refractivity contribution in [2.75, 3.05) is 44.0 Å². The smallest absolute Gasteiger partial charge is 0.177 e. The number of benzene rings is 1. The predicted molar refractivity (Wildman–Crippen MR) is 88.9 cm³/mol. The summed E-state index contributed by atoms with van der Waals surface area (Å²) in [5.74, 6) is 0. The molecular weight excluding hydrogens is 324 g/mol. The zero-order chi connectivity index (χ0) is 17.0. The molecule has 0 bridgehead atoms. The van der Waals surface area contributed by atoms with Gasteiger partial charge < -0.3 is 10.2 Å². The molecule has 0 aliphatic heterocycles. The number of hydrogen-bond acceptors (Lipinski definition) is 6. The van der Waals surface area contributed by atoms with E-state index < -0.39 is 19.7 Å². The first-order valence-corrected chi connectivity index (χ1v) is 10.9. The third-order valence-corrected chi connectivity index (χ3v) is 5.67. The molecule has 0 unspecified atom stereocenters. The lowest BCUT2D eigenvalue weighted by Gasteiger charge is -2.19. The van der Waals surface area contributed by atoms with Crippen LogP contribution in [0.1, 0.15) is 13.8 Å². The average Bonchev–Trinajstić information content (AvgIpc) is 2.41. The molecule has 0 amide bonds. The summed E-state index contributed by atoms with van der Waals surface area (Å²) in [6, 6.07) is 4.14. The van der Waals surface area contributed by atoms with E-state index >= 15 is 0 Å². The summed E-state index contributed by atoms with van der Waals surface area (Å²) in [6.45, 7) is 7.33. The molecule has 0 heterocycles. The van der Waals surface area contributed by atoms with Crippen LogP contribution in [-0.2, 0) is 19.7 Å². The number of anilines is 1. The summed E-state index contributed by atoms with van der Waals surface area (Å²) in [4.78, 5) is 2.22. The van der Waals surface area contributed by atoms with Crippen LogP contribution in [0, 0.1) is 0 Å². The molecule has 1 rings (SSSR count). The number of nitrogens with zero attached hydrogens (tertiary/aromatic N) is 1. The molecule has 0 saturated carbocycles. The first-order valence-electron chi connectivity index (χ1n) is 7.10. The maximum atomic E-state index is 11.9. The van der Waals surface area contributed by atoms with Crippen LogP contribution >= 0.6 is 0 Å². The van der Waals surface area contributed by atoms with E-state index in [9.17, 15) is 16.8 Å². The Morgan fingerprint density at radius 3 is 2.05 bits per heavy atom. The molecule has 22 heavy (non-hydrogen) atoms. The molecule has 126 valence electrons. The van der Waals surface area contributed by atoms with E-state index in [2.05, 4.69) is 24.1 Å². The molecule has 6 nitrogen and oxygen atoms in total. The predicted octanol–water partition coefficient (Wildman–Crippen LogP) is 1.25. The van der Waals surface area contributed by atoms with Crippen molar-refractivity contribution in [3.05, 3.63) is 18.2 Å². The third-order valence-electron chi connectivity index (χ3n) is 3.42.